The third-order valence-corrected chi connectivity index (χ3v) is 4.22. The molecule has 1 fully saturated rings. The van der Waals surface area contributed by atoms with Gasteiger partial charge in [-0.2, -0.15) is 0 Å². The van der Waals surface area contributed by atoms with Crippen LogP contribution >= 0.6 is 0 Å². The molecule has 1 N–H and O–H groups in total. The molecule has 1 heterocycles. The number of carboxylic acid groups (broad SMARTS) is 1. The van der Waals surface area contributed by atoms with Gasteiger partial charge in [0.25, 0.3) is 0 Å². The minimum atomic E-state index is -0.718. The second-order valence-electron chi connectivity index (χ2n) is 7.83. The average molecular weight is 297 g/mol. The molecular weight excluding hydrogens is 266 g/mol. The van der Waals surface area contributed by atoms with Gasteiger partial charge in [-0.25, -0.2) is 0 Å². The molecule has 21 heavy (non-hydrogen) atoms. The Morgan fingerprint density at radius 2 is 1.81 bits per heavy atom. The number of likely N-dealkylation sites (tertiary alicyclic amines) is 1. The van der Waals surface area contributed by atoms with Crippen LogP contribution in [0.1, 0.15) is 66.2 Å². The first-order chi connectivity index (χ1) is 9.67. The lowest BCUT2D eigenvalue weighted by atomic mass is 9.84. The molecule has 1 aliphatic rings. The summed E-state index contributed by atoms with van der Waals surface area (Å²) in [6, 6.07) is 0. The lowest BCUT2D eigenvalue weighted by Gasteiger charge is -2.33. The Bertz CT molecular complexity index is 352. The molecule has 0 aliphatic carbocycles. The minimum absolute atomic E-state index is 0.251. The van der Waals surface area contributed by atoms with Gasteiger partial charge in [-0.05, 0) is 42.9 Å². The van der Waals surface area contributed by atoms with Gasteiger partial charge in [0, 0.05) is 25.9 Å². The summed E-state index contributed by atoms with van der Waals surface area (Å²) in [4.78, 5) is 24.9. The number of hydrogen-bond acceptors (Lipinski definition) is 2. The second-order valence-corrected chi connectivity index (χ2v) is 7.83. The molecule has 1 aliphatic heterocycles. The third-order valence-electron chi connectivity index (χ3n) is 4.22. The highest BCUT2D eigenvalue weighted by Crippen LogP contribution is 2.27. The highest BCUT2D eigenvalue weighted by molar-refractivity contribution is 5.76. The molecule has 122 valence electrons. The number of carbonyl (C=O) groups is 2. The van der Waals surface area contributed by atoms with E-state index in [4.69, 9.17) is 5.11 Å². The average Bonchev–Trinajstić information content (AvgIpc) is 2.34. The standard InChI is InChI=1S/C17H31NO3/c1-13(12-17(2,3)4)11-15(19)18-9-7-14(8-10-18)5-6-16(20)21/h13-14H,5-12H2,1-4H3,(H,20,21). The van der Waals surface area contributed by atoms with Crippen LogP contribution in [0.15, 0.2) is 0 Å². The Hall–Kier alpha value is -1.06. The molecule has 4 heteroatoms. The van der Waals surface area contributed by atoms with Crippen LogP contribution < -0.4 is 0 Å². The van der Waals surface area contributed by atoms with E-state index in [9.17, 15) is 9.59 Å². The van der Waals surface area contributed by atoms with Crippen molar-refractivity contribution < 1.29 is 14.7 Å². The Morgan fingerprint density at radius 3 is 2.29 bits per heavy atom. The van der Waals surface area contributed by atoms with E-state index < -0.39 is 5.97 Å². The summed E-state index contributed by atoms with van der Waals surface area (Å²) >= 11 is 0. The number of piperidine rings is 1. The highest BCUT2D eigenvalue weighted by atomic mass is 16.4. The van der Waals surface area contributed by atoms with Gasteiger partial charge in [0.2, 0.25) is 5.91 Å². The fourth-order valence-corrected chi connectivity index (χ4v) is 3.34. The van der Waals surface area contributed by atoms with Crippen molar-refractivity contribution in [3.8, 4) is 0 Å². The first-order valence-electron chi connectivity index (χ1n) is 8.17. The molecule has 1 unspecified atom stereocenters. The SMILES string of the molecule is CC(CC(=O)N1CCC(CCC(=O)O)CC1)CC(C)(C)C. The molecule has 0 radical (unpaired) electrons. The van der Waals surface area contributed by atoms with Crippen molar-refractivity contribution in [1.82, 2.24) is 4.90 Å². The Labute approximate surface area is 128 Å². The molecule has 1 rings (SSSR count). The Balaban J connectivity index is 2.30. The molecule has 0 aromatic carbocycles. The van der Waals surface area contributed by atoms with E-state index in [-0.39, 0.29) is 17.7 Å². The van der Waals surface area contributed by atoms with E-state index >= 15 is 0 Å². The van der Waals surface area contributed by atoms with Crippen molar-refractivity contribution in [2.45, 2.75) is 66.2 Å². The predicted octanol–water partition coefficient (Wildman–Crippen LogP) is 3.55. The quantitative estimate of drug-likeness (QED) is 0.815. The topological polar surface area (TPSA) is 57.6 Å². The Morgan fingerprint density at radius 1 is 1.24 bits per heavy atom. The molecule has 1 atom stereocenters. The number of nitrogens with zero attached hydrogens (tertiary/aromatic N) is 1. The summed E-state index contributed by atoms with van der Waals surface area (Å²) in [6.45, 7) is 10.4. The van der Waals surface area contributed by atoms with Crippen molar-refractivity contribution in [3.05, 3.63) is 0 Å². The van der Waals surface area contributed by atoms with Gasteiger partial charge in [0.05, 0.1) is 0 Å². The zero-order valence-corrected chi connectivity index (χ0v) is 14.0. The summed E-state index contributed by atoms with van der Waals surface area (Å²) in [5, 5.41) is 8.71. The smallest absolute Gasteiger partial charge is 0.303 e. The first-order valence-corrected chi connectivity index (χ1v) is 8.17. The van der Waals surface area contributed by atoms with E-state index in [0.29, 0.717) is 18.3 Å². The van der Waals surface area contributed by atoms with Gasteiger partial charge in [-0.15, -0.1) is 0 Å². The molecule has 0 spiro atoms. The van der Waals surface area contributed by atoms with E-state index in [2.05, 4.69) is 27.7 Å². The lowest BCUT2D eigenvalue weighted by Crippen LogP contribution is -2.39. The van der Waals surface area contributed by atoms with Gasteiger partial charge >= 0.3 is 5.97 Å². The maximum atomic E-state index is 12.3. The number of aliphatic carboxylic acids is 1. The van der Waals surface area contributed by atoms with Gasteiger partial charge in [0.1, 0.15) is 0 Å². The summed E-state index contributed by atoms with van der Waals surface area (Å²) in [5.41, 5.74) is 0.267. The minimum Gasteiger partial charge on any atom is -0.481 e. The van der Waals surface area contributed by atoms with Gasteiger partial charge in [0.15, 0.2) is 0 Å². The summed E-state index contributed by atoms with van der Waals surface area (Å²) in [6.07, 6.45) is 4.60. The van der Waals surface area contributed by atoms with Crippen LogP contribution in [0, 0.1) is 17.3 Å². The third kappa shape index (κ3) is 7.49. The van der Waals surface area contributed by atoms with Crippen molar-refractivity contribution in [2.75, 3.05) is 13.1 Å². The maximum Gasteiger partial charge on any atom is 0.303 e. The van der Waals surface area contributed by atoms with Crippen molar-refractivity contribution in [2.24, 2.45) is 17.3 Å². The molecule has 1 saturated heterocycles. The maximum absolute atomic E-state index is 12.3. The van der Waals surface area contributed by atoms with E-state index in [1.165, 1.54) is 0 Å². The zero-order valence-electron chi connectivity index (χ0n) is 14.0. The van der Waals surface area contributed by atoms with Crippen LogP contribution in [0.3, 0.4) is 0 Å². The highest BCUT2D eigenvalue weighted by Gasteiger charge is 2.25. The zero-order chi connectivity index (χ0) is 16.0. The monoisotopic (exact) mass is 297 g/mol. The number of hydrogen-bond donors (Lipinski definition) is 1. The molecular formula is C17H31NO3. The predicted molar refractivity (Wildman–Crippen MR) is 84.0 cm³/mol. The van der Waals surface area contributed by atoms with Gasteiger partial charge in [-0.1, -0.05) is 27.7 Å². The molecule has 1 amide bonds. The van der Waals surface area contributed by atoms with Crippen LogP contribution in [0.5, 0.6) is 0 Å². The largest absolute Gasteiger partial charge is 0.481 e. The van der Waals surface area contributed by atoms with Crippen LogP contribution in [0.25, 0.3) is 0 Å². The van der Waals surface area contributed by atoms with Crippen LogP contribution in [-0.4, -0.2) is 35.0 Å². The normalized spacial score (nSPS) is 18.6. The van der Waals surface area contributed by atoms with E-state index in [1.54, 1.807) is 0 Å². The fourth-order valence-electron chi connectivity index (χ4n) is 3.34. The van der Waals surface area contributed by atoms with E-state index in [1.807, 2.05) is 4.90 Å². The lowest BCUT2D eigenvalue weighted by molar-refractivity contribution is -0.138. The van der Waals surface area contributed by atoms with E-state index in [0.717, 1.165) is 38.8 Å². The van der Waals surface area contributed by atoms with Gasteiger partial charge < -0.3 is 10.0 Å². The summed E-state index contributed by atoms with van der Waals surface area (Å²) in [5.74, 6) is 0.437. The molecule has 0 bridgehead atoms. The second kappa shape index (κ2) is 7.81. The molecule has 0 saturated carbocycles. The van der Waals surface area contributed by atoms with Gasteiger partial charge in [-0.3, -0.25) is 9.59 Å². The number of carbonyl (C=O) groups excluding carboxylic acids is 1. The number of amides is 1. The van der Waals surface area contributed by atoms with Crippen molar-refractivity contribution in [3.63, 3.8) is 0 Å². The van der Waals surface area contributed by atoms with Crippen LogP contribution in [0.2, 0.25) is 0 Å². The van der Waals surface area contributed by atoms with Crippen molar-refractivity contribution in [1.29, 1.82) is 0 Å². The number of rotatable bonds is 6. The molecule has 0 aromatic heterocycles. The molecule has 0 aromatic rings. The summed E-state index contributed by atoms with van der Waals surface area (Å²) in [7, 11) is 0. The summed E-state index contributed by atoms with van der Waals surface area (Å²) < 4.78 is 0. The van der Waals surface area contributed by atoms with Crippen LogP contribution in [-0.2, 0) is 9.59 Å². The first kappa shape index (κ1) is 18.0. The Kier molecular flexibility index (Phi) is 6.69. The van der Waals surface area contributed by atoms with Crippen molar-refractivity contribution >= 4 is 11.9 Å². The fraction of sp³-hybridized carbons (Fsp3) is 0.882. The molecule has 4 nitrogen and oxygen atoms in total. The van der Waals surface area contributed by atoms with Crippen LogP contribution in [0.4, 0.5) is 0 Å². The number of carboxylic acids is 1.